The molecule has 1 saturated heterocycles. The van der Waals surface area contributed by atoms with E-state index in [1.165, 1.54) is 12.7 Å². The fourth-order valence-electron chi connectivity index (χ4n) is 4.09. The van der Waals surface area contributed by atoms with Crippen LogP contribution < -0.4 is 10.5 Å². The molecule has 0 radical (unpaired) electrons. The van der Waals surface area contributed by atoms with Crippen LogP contribution in [-0.2, 0) is 16.6 Å². The van der Waals surface area contributed by atoms with E-state index in [4.69, 9.17) is 15.2 Å². The van der Waals surface area contributed by atoms with E-state index in [0.29, 0.717) is 26.2 Å². The van der Waals surface area contributed by atoms with E-state index in [0.717, 1.165) is 24.2 Å². The van der Waals surface area contributed by atoms with Crippen molar-refractivity contribution in [3.63, 3.8) is 0 Å². The molecule has 3 rings (SSSR count). The first-order valence-corrected chi connectivity index (χ1v) is 9.60. The fourth-order valence-corrected chi connectivity index (χ4v) is 4.09. The Balaban J connectivity index is 1.92. The molecule has 1 aliphatic heterocycles. The molecule has 0 aliphatic carbocycles. The minimum atomic E-state index is -2.54. The van der Waals surface area contributed by atoms with E-state index >= 15 is 0 Å². The Morgan fingerprint density at radius 2 is 1.93 bits per heavy atom. The molecule has 2 N–H and O–H groups in total. The Hall–Kier alpha value is -2.02. The molecule has 0 spiro atoms. The molecular formula is C22H28F2N2O2. The number of hydrogen-bond acceptors (Lipinski definition) is 4. The van der Waals surface area contributed by atoms with Gasteiger partial charge in [-0.05, 0) is 36.1 Å². The van der Waals surface area contributed by atoms with Crippen molar-refractivity contribution < 1.29 is 18.3 Å². The molecule has 2 unspecified atom stereocenters. The molecule has 1 aliphatic rings. The molecule has 4 nitrogen and oxygen atoms in total. The van der Waals surface area contributed by atoms with Crippen LogP contribution in [0.3, 0.4) is 0 Å². The average Bonchev–Trinajstić information content (AvgIpc) is 3.12. The van der Waals surface area contributed by atoms with Crippen LogP contribution >= 0.6 is 0 Å². The summed E-state index contributed by atoms with van der Waals surface area (Å²) in [6.45, 7) is 1.95. The Morgan fingerprint density at radius 3 is 2.61 bits per heavy atom. The van der Waals surface area contributed by atoms with Crippen LogP contribution in [0.25, 0.3) is 0 Å². The SMILES string of the molecule is COC(C(F)F)N1CCC(Cc2ccccc2)(c2cccc(OCCN)c2)C1. The minimum absolute atomic E-state index is 0.283. The zero-order chi connectivity index (χ0) is 20.0. The second-order valence-electron chi connectivity index (χ2n) is 7.29. The number of likely N-dealkylation sites (tertiary alicyclic amines) is 1. The summed E-state index contributed by atoms with van der Waals surface area (Å²) in [5.74, 6) is 0.756. The van der Waals surface area contributed by atoms with Crippen molar-refractivity contribution in [1.82, 2.24) is 4.90 Å². The van der Waals surface area contributed by atoms with Gasteiger partial charge in [0.2, 0.25) is 0 Å². The molecule has 0 amide bonds. The Bertz CT molecular complexity index is 744. The van der Waals surface area contributed by atoms with Gasteiger partial charge in [-0.25, -0.2) is 8.78 Å². The number of ether oxygens (including phenoxy) is 2. The van der Waals surface area contributed by atoms with Crippen LogP contribution in [0.4, 0.5) is 8.78 Å². The first kappa shape index (κ1) is 20.7. The predicted octanol–water partition coefficient (Wildman–Crippen LogP) is 3.45. The van der Waals surface area contributed by atoms with Gasteiger partial charge in [0, 0.05) is 32.2 Å². The summed E-state index contributed by atoms with van der Waals surface area (Å²) < 4.78 is 37.7. The second kappa shape index (κ2) is 9.45. The lowest BCUT2D eigenvalue weighted by molar-refractivity contribution is -0.116. The third-order valence-electron chi connectivity index (χ3n) is 5.42. The molecule has 6 heteroatoms. The average molecular weight is 390 g/mol. The van der Waals surface area contributed by atoms with E-state index in [9.17, 15) is 8.78 Å². The van der Waals surface area contributed by atoms with E-state index in [-0.39, 0.29) is 5.41 Å². The van der Waals surface area contributed by atoms with Crippen molar-refractivity contribution >= 4 is 0 Å². The van der Waals surface area contributed by atoms with Crippen molar-refractivity contribution in [2.45, 2.75) is 30.9 Å². The molecular weight excluding hydrogens is 362 g/mol. The van der Waals surface area contributed by atoms with Gasteiger partial charge in [-0.1, -0.05) is 42.5 Å². The highest BCUT2D eigenvalue weighted by Gasteiger charge is 2.44. The summed E-state index contributed by atoms with van der Waals surface area (Å²) in [6.07, 6.45) is -2.19. The zero-order valence-electron chi connectivity index (χ0n) is 16.2. The van der Waals surface area contributed by atoms with E-state index in [2.05, 4.69) is 18.2 Å². The maximum absolute atomic E-state index is 13.4. The van der Waals surface area contributed by atoms with Gasteiger partial charge >= 0.3 is 0 Å². The number of nitrogens with zero attached hydrogens (tertiary/aromatic N) is 1. The molecule has 0 aromatic heterocycles. The first-order chi connectivity index (χ1) is 13.6. The van der Waals surface area contributed by atoms with Crippen LogP contribution in [0.2, 0.25) is 0 Å². The van der Waals surface area contributed by atoms with E-state index < -0.39 is 12.7 Å². The van der Waals surface area contributed by atoms with Gasteiger partial charge in [0.1, 0.15) is 12.4 Å². The van der Waals surface area contributed by atoms with Crippen LogP contribution in [0.5, 0.6) is 5.75 Å². The maximum Gasteiger partial charge on any atom is 0.277 e. The van der Waals surface area contributed by atoms with E-state index in [1.807, 2.05) is 36.4 Å². The zero-order valence-corrected chi connectivity index (χ0v) is 16.2. The molecule has 28 heavy (non-hydrogen) atoms. The van der Waals surface area contributed by atoms with Gasteiger partial charge < -0.3 is 15.2 Å². The van der Waals surface area contributed by atoms with Crippen molar-refractivity contribution in [1.29, 1.82) is 0 Å². The van der Waals surface area contributed by atoms with Crippen LogP contribution in [-0.4, -0.2) is 50.9 Å². The van der Waals surface area contributed by atoms with Crippen molar-refractivity contribution in [2.24, 2.45) is 5.73 Å². The first-order valence-electron chi connectivity index (χ1n) is 9.60. The largest absolute Gasteiger partial charge is 0.492 e. The normalized spacial score (nSPS) is 21.2. The standard InChI is InChI=1S/C22H28F2N2O2/c1-27-21(20(23)24)26-12-10-22(16-26,15-17-6-3-2-4-7-17)18-8-5-9-19(14-18)28-13-11-25/h2-9,14,20-21H,10-13,15-16,25H2,1H3. The second-order valence-corrected chi connectivity index (χ2v) is 7.29. The highest BCUT2D eigenvalue weighted by atomic mass is 19.3. The van der Waals surface area contributed by atoms with Gasteiger partial charge in [0.05, 0.1) is 0 Å². The summed E-state index contributed by atoms with van der Waals surface area (Å²) in [7, 11) is 1.34. The van der Waals surface area contributed by atoms with Crippen molar-refractivity contribution in [3.8, 4) is 5.75 Å². The summed E-state index contributed by atoms with van der Waals surface area (Å²) >= 11 is 0. The monoisotopic (exact) mass is 390 g/mol. The number of halogens is 2. The lowest BCUT2D eigenvalue weighted by Gasteiger charge is -2.33. The molecule has 152 valence electrons. The van der Waals surface area contributed by atoms with Gasteiger partial charge in [0.25, 0.3) is 6.43 Å². The number of benzene rings is 2. The third kappa shape index (κ3) is 4.69. The minimum Gasteiger partial charge on any atom is -0.492 e. The van der Waals surface area contributed by atoms with Gasteiger partial charge in [0.15, 0.2) is 6.23 Å². The Morgan fingerprint density at radius 1 is 1.14 bits per heavy atom. The molecule has 2 aromatic rings. The van der Waals surface area contributed by atoms with Crippen molar-refractivity contribution in [2.75, 3.05) is 33.4 Å². The lowest BCUT2D eigenvalue weighted by atomic mass is 9.75. The number of nitrogens with two attached hydrogens (primary N) is 1. The highest BCUT2D eigenvalue weighted by Crippen LogP contribution is 2.40. The molecule has 1 fully saturated rings. The highest BCUT2D eigenvalue weighted by molar-refractivity contribution is 5.37. The van der Waals surface area contributed by atoms with Gasteiger partial charge in [-0.2, -0.15) is 0 Å². The smallest absolute Gasteiger partial charge is 0.277 e. The molecule has 0 bridgehead atoms. The quantitative estimate of drug-likeness (QED) is 0.713. The third-order valence-corrected chi connectivity index (χ3v) is 5.42. The molecule has 2 atom stereocenters. The summed E-state index contributed by atoms with van der Waals surface area (Å²) in [6, 6.07) is 18.1. The number of alkyl halides is 2. The topological polar surface area (TPSA) is 47.7 Å². The Kier molecular flexibility index (Phi) is 6.99. The van der Waals surface area contributed by atoms with Crippen LogP contribution in [0.1, 0.15) is 17.5 Å². The summed E-state index contributed by atoms with van der Waals surface area (Å²) in [5, 5.41) is 0. The molecule has 2 aromatic carbocycles. The van der Waals surface area contributed by atoms with Crippen LogP contribution in [0, 0.1) is 0 Å². The van der Waals surface area contributed by atoms with Gasteiger partial charge in [-0.15, -0.1) is 0 Å². The fraction of sp³-hybridized carbons (Fsp3) is 0.455. The lowest BCUT2D eigenvalue weighted by Crippen LogP contribution is -2.43. The van der Waals surface area contributed by atoms with Crippen molar-refractivity contribution in [3.05, 3.63) is 65.7 Å². The Labute approximate surface area is 165 Å². The van der Waals surface area contributed by atoms with Gasteiger partial charge in [-0.3, -0.25) is 4.90 Å². The summed E-state index contributed by atoms with van der Waals surface area (Å²) in [5.41, 5.74) is 7.54. The number of methoxy groups -OCH3 is 1. The van der Waals surface area contributed by atoms with Crippen LogP contribution in [0.15, 0.2) is 54.6 Å². The summed E-state index contributed by atoms with van der Waals surface area (Å²) in [4.78, 5) is 1.75. The van der Waals surface area contributed by atoms with E-state index in [1.54, 1.807) is 4.90 Å². The molecule has 0 saturated carbocycles. The maximum atomic E-state index is 13.4. The predicted molar refractivity (Wildman–Crippen MR) is 106 cm³/mol. The molecule has 1 heterocycles. The number of rotatable bonds is 9. The number of hydrogen-bond donors (Lipinski definition) is 1.